The van der Waals surface area contributed by atoms with Gasteiger partial charge in [0.1, 0.15) is 11.6 Å². The average Bonchev–Trinajstić information content (AvgIpc) is 2.99. The van der Waals surface area contributed by atoms with E-state index >= 15 is 0 Å². The van der Waals surface area contributed by atoms with Crippen LogP contribution >= 0.6 is 0 Å². The van der Waals surface area contributed by atoms with Gasteiger partial charge >= 0.3 is 0 Å². The molecule has 6 nitrogen and oxygen atoms in total. The molecule has 0 bridgehead atoms. The number of ether oxygens (including phenoxy) is 1. The first kappa shape index (κ1) is 18.3. The number of methoxy groups -OCH3 is 1. The van der Waals surface area contributed by atoms with Crippen LogP contribution in [0.3, 0.4) is 0 Å². The third-order valence-corrected chi connectivity index (χ3v) is 6.92. The summed E-state index contributed by atoms with van der Waals surface area (Å²) >= 11 is 0. The normalized spacial score (nSPS) is 19.3. The van der Waals surface area contributed by atoms with Crippen molar-refractivity contribution in [1.29, 1.82) is 0 Å². The van der Waals surface area contributed by atoms with E-state index in [9.17, 15) is 8.42 Å². The Labute approximate surface area is 160 Å². The standard InChI is InChI=1S/C20H25N3O3S/c1-26-17-7-5-16(6-8-17)14-22-12-9-20(10-13-22)15-23(27(2,24)25)19-18(20)4-3-11-21-19/h3-8,11H,9-10,12-15H2,1-2H3. The quantitative estimate of drug-likeness (QED) is 0.806. The molecule has 1 spiro atoms. The van der Waals surface area contributed by atoms with Crippen molar-refractivity contribution in [3.8, 4) is 5.75 Å². The van der Waals surface area contributed by atoms with Gasteiger partial charge in [-0.1, -0.05) is 18.2 Å². The molecule has 0 radical (unpaired) electrons. The van der Waals surface area contributed by atoms with Gasteiger partial charge in [-0.15, -0.1) is 0 Å². The van der Waals surface area contributed by atoms with Crippen LogP contribution < -0.4 is 9.04 Å². The van der Waals surface area contributed by atoms with Crippen LogP contribution in [0.15, 0.2) is 42.6 Å². The number of anilines is 1. The zero-order chi connectivity index (χ0) is 19.1. The van der Waals surface area contributed by atoms with Crippen LogP contribution in [0, 0.1) is 0 Å². The Kier molecular flexibility index (Phi) is 4.60. The third kappa shape index (κ3) is 3.41. The minimum absolute atomic E-state index is 0.122. The Morgan fingerprint density at radius 1 is 1.15 bits per heavy atom. The van der Waals surface area contributed by atoms with E-state index in [0.29, 0.717) is 12.4 Å². The fourth-order valence-corrected chi connectivity index (χ4v) is 5.22. The van der Waals surface area contributed by atoms with Crippen molar-refractivity contribution in [3.63, 3.8) is 0 Å². The topological polar surface area (TPSA) is 62.7 Å². The lowest BCUT2D eigenvalue weighted by molar-refractivity contribution is 0.161. The zero-order valence-electron chi connectivity index (χ0n) is 15.8. The second-order valence-corrected chi connectivity index (χ2v) is 9.46. The summed E-state index contributed by atoms with van der Waals surface area (Å²) in [5.41, 5.74) is 2.22. The van der Waals surface area contributed by atoms with Crippen LogP contribution in [-0.2, 0) is 22.0 Å². The van der Waals surface area contributed by atoms with Crippen LogP contribution in [0.5, 0.6) is 5.75 Å². The van der Waals surface area contributed by atoms with E-state index in [-0.39, 0.29) is 5.41 Å². The van der Waals surface area contributed by atoms with Gasteiger partial charge in [0.2, 0.25) is 10.0 Å². The summed E-state index contributed by atoms with van der Waals surface area (Å²) in [5.74, 6) is 1.48. The molecule has 2 aromatic rings. The van der Waals surface area contributed by atoms with Gasteiger partial charge < -0.3 is 4.74 Å². The molecule has 1 aromatic carbocycles. The van der Waals surface area contributed by atoms with Crippen LogP contribution in [0.4, 0.5) is 5.82 Å². The number of hydrogen-bond donors (Lipinski definition) is 0. The van der Waals surface area contributed by atoms with Gasteiger partial charge in [0.05, 0.1) is 13.4 Å². The number of hydrogen-bond acceptors (Lipinski definition) is 5. The fourth-order valence-electron chi connectivity index (χ4n) is 4.27. The zero-order valence-corrected chi connectivity index (χ0v) is 16.6. The molecule has 1 aromatic heterocycles. The van der Waals surface area contributed by atoms with Crippen LogP contribution in [0.2, 0.25) is 0 Å². The summed E-state index contributed by atoms with van der Waals surface area (Å²) in [6.45, 7) is 3.29. The van der Waals surface area contributed by atoms with E-state index in [1.165, 1.54) is 16.1 Å². The number of nitrogens with zero attached hydrogens (tertiary/aromatic N) is 3. The molecule has 27 heavy (non-hydrogen) atoms. The van der Waals surface area contributed by atoms with Gasteiger partial charge in [-0.3, -0.25) is 9.21 Å². The molecular weight excluding hydrogens is 362 g/mol. The first-order valence-electron chi connectivity index (χ1n) is 9.20. The van der Waals surface area contributed by atoms with Gasteiger partial charge in [-0.05, 0) is 49.7 Å². The first-order valence-corrected chi connectivity index (χ1v) is 11.0. The van der Waals surface area contributed by atoms with Crippen molar-refractivity contribution in [2.24, 2.45) is 0 Å². The predicted molar refractivity (Wildman–Crippen MR) is 106 cm³/mol. The predicted octanol–water partition coefficient (Wildman–Crippen LogP) is 2.40. The lowest BCUT2D eigenvalue weighted by atomic mass is 9.75. The van der Waals surface area contributed by atoms with Crippen molar-refractivity contribution in [1.82, 2.24) is 9.88 Å². The van der Waals surface area contributed by atoms with E-state index < -0.39 is 10.0 Å². The maximum absolute atomic E-state index is 12.2. The second kappa shape index (κ2) is 6.80. The third-order valence-electron chi connectivity index (χ3n) is 5.82. The van der Waals surface area contributed by atoms with Crippen molar-refractivity contribution in [3.05, 3.63) is 53.7 Å². The number of aromatic nitrogens is 1. The Hall–Kier alpha value is -2.12. The number of likely N-dealkylation sites (tertiary alicyclic amines) is 1. The molecule has 0 amide bonds. The Morgan fingerprint density at radius 2 is 1.85 bits per heavy atom. The van der Waals surface area contributed by atoms with E-state index in [0.717, 1.165) is 43.8 Å². The van der Waals surface area contributed by atoms with E-state index in [1.807, 2.05) is 24.3 Å². The summed E-state index contributed by atoms with van der Waals surface area (Å²) in [4.78, 5) is 6.82. The molecule has 2 aliphatic heterocycles. The number of fused-ring (bicyclic) bond motifs is 2. The van der Waals surface area contributed by atoms with Crippen LogP contribution in [-0.4, -0.2) is 51.3 Å². The number of benzene rings is 1. The van der Waals surface area contributed by atoms with E-state index in [2.05, 4.69) is 22.0 Å². The smallest absolute Gasteiger partial charge is 0.233 e. The lowest BCUT2D eigenvalue weighted by Crippen LogP contribution is -2.45. The molecule has 1 fully saturated rings. The van der Waals surface area contributed by atoms with Gasteiger partial charge in [-0.2, -0.15) is 0 Å². The molecule has 0 atom stereocenters. The molecular formula is C20H25N3O3S. The largest absolute Gasteiger partial charge is 0.497 e. The van der Waals surface area contributed by atoms with Crippen LogP contribution in [0.1, 0.15) is 24.0 Å². The lowest BCUT2D eigenvalue weighted by Gasteiger charge is -2.39. The molecule has 2 aliphatic rings. The molecule has 1 saturated heterocycles. The minimum Gasteiger partial charge on any atom is -0.497 e. The van der Waals surface area contributed by atoms with Crippen LogP contribution in [0.25, 0.3) is 0 Å². The second-order valence-electron chi connectivity index (χ2n) is 7.55. The van der Waals surface area contributed by atoms with Crippen molar-refractivity contribution in [2.45, 2.75) is 24.8 Å². The maximum Gasteiger partial charge on any atom is 0.233 e. The highest BCUT2D eigenvalue weighted by Gasteiger charge is 2.47. The molecule has 7 heteroatoms. The minimum atomic E-state index is -3.31. The Balaban J connectivity index is 1.49. The molecule has 0 N–H and O–H groups in total. The molecule has 144 valence electrons. The summed E-state index contributed by atoms with van der Waals surface area (Å²) in [6, 6.07) is 12.1. The SMILES string of the molecule is COc1ccc(CN2CCC3(CC2)CN(S(C)(=O)=O)c2ncccc23)cc1. The summed E-state index contributed by atoms with van der Waals surface area (Å²) in [5, 5.41) is 0. The fraction of sp³-hybridized carbons (Fsp3) is 0.450. The highest BCUT2D eigenvalue weighted by atomic mass is 32.2. The van der Waals surface area contributed by atoms with Gasteiger partial charge in [-0.25, -0.2) is 13.4 Å². The Morgan fingerprint density at radius 3 is 2.48 bits per heavy atom. The van der Waals surface area contributed by atoms with E-state index in [4.69, 9.17) is 4.74 Å². The van der Waals surface area contributed by atoms with E-state index in [1.54, 1.807) is 13.3 Å². The molecule has 4 rings (SSSR count). The van der Waals surface area contributed by atoms with Crippen molar-refractivity contribution >= 4 is 15.8 Å². The summed E-state index contributed by atoms with van der Waals surface area (Å²) < 4.78 is 31.2. The molecule has 3 heterocycles. The summed E-state index contributed by atoms with van der Waals surface area (Å²) in [7, 11) is -1.64. The summed E-state index contributed by atoms with van der Waals surface area (Å²) in [6.07, 6.45) is 4.82. The molecule has 0 unspecified atom stereocenters. The number of rotatable bonds is 4. The number of piperidine rings is 1. The Bertz CT molecular complexity index is 920. The first-order chi connectivity index (χ1) is 12.9. The van der Waals surface area contributed by atoms with Crippen molar-refractivity contribution in [2.75, 3.05) is 37.3 Å². The molecule has 0 saturated carbocycles. The average molecular weight is 388 g/mol. The maximum atomic E-state index is 12.2. The monoisotopic (exact) mass is 387 g/mol. The van der Waals surface area contributed by atoms with Gasteiger partial charge in [0.25, 0.3) is 0 Å². The highest BCUT2D eigenvalue weighted by Crippen LogP contribution is 2.46. The number of pyridine rings is 1. The van der Waals surface area contributed by atoms with Crippen molar-refractivity contribution < 1.29 is 13.2 Å². The molecule has 0 aliphatic carbocycles. The van der Waals surface area contributed by atoms with Gasteiger partial charge in [0, 0.05) is 30.3 Å². The van der Waals surface area contributed by atoms with Gasteiger partial charge in [0.15, 0.2) is 0 Å². The number of sulfonamides is 1. The highest BCUT2D eigenvalue weighted by molar-refractivity contribution is 7.92.